The molecule has 3 N–H and O–H groups in total. The van der Waals surface area contributed by atoms with Crippen LogP contribution in [0.5, 0.6) is 0 Å². The number of hydrogen-bond acceptors (Lipinski definition) is 6. The lowest BCUT2D eigenvalue weighted by molar-refractivity contribution is 0.102. The number of carbonyl (C=O) groups excluding carboxylic acids is 2. The molecule has 0 spiro atoms. The van der Waals surface area contributed by atoms with E-state index in [2.05, 4.69) is 79.0 Å². The first-order valence-electron chi connectivity index (χ1n) is 11.7. The predicted molar refractivity (Wildman–Crippen MR) is 181 cm³/mol. The number of hydrogen-bond donors (Lipinski definition) is 2. The monoisotopic (exact) mass is 832 g/mol. The van der Waals surface area contributed by atoms with Gasteiger partial charge >= 0.3 is 0 Å². The number of halogens is 5. The van der Waals surface area contributed by atoms with Gasteiger partial charge in [-0.1, -0.05) is 39.3 Å². The van der Waals surface area contributed by atoms with Gasteiger partial charge in [-0.3, -0.25) is 9.59 Å². The normalized spacial score (nSPS) is 11.1. The van der Waals surface area contributed by atoms with Crippen LogP contribution in [0.4, 0.5) is 11.4 Å². The molecule has 12 heteroatoms. The Bertz CT molecular complexity index is 1330. The third-order valence-electron chi connectivity index (χ3n) is 4.80. The predicted octanol–water partition coefficient (Wildman–Crippen LogP) is 9.55. The second kappa shape index (κ2) is 20.7. The van der Waals surface area contributed by atoms with Crippen LogP contribution in [0.1, 0.15) is 41.0 Å². The van der Waals surface area contributed by atoms with Gasteiger partial charge in [-0.15, -0.1) is 0 Å². The van der Waals surface area contributed by atoms with Crippen LogP contribution in [-0.2, 0) is 4.74 Å². The number of nitrogens with two attached hydrogens (primary N) is 1. The van der Waals surface area contributed by atoms with Gasteiger partial charge in [-0.2, -0.15) is 0 Å². The molecular weight excluding hydrogens is 807 g/mol. The van der Waals surface area contributed by atoms with Crippen molar-refractivity contribution in [1.29, 1.82) is 0 Å². The third kappa shape index (κ3) is 15.1. The first-order valence-corrected chi connectivity index (χ1v) is 15.3. The minimum absolute atomic E-state index is 0. The molecule has 0 unspecified atom stereocenters. The molecule has 5 rings (SSSR count). The molecule has 4 aromatic rings. The van der Waals surface area contributed by atoms with E-state index >= 15 is 0 Å². The lowest BCUT2D eigenvalue weighted by Gasteiger charge is -2.06. The van der Waals surface area contributed by atoms with Crippen LogP contribution < -0.4 is 11.1 Å². The molecule has 1 fully saturated rings. The number of carbonyl (C=O) groups is 2. The summed E-state index contributed by atoms with van der Waals surface area (Å²) in [6.07, 6.45) is 5.89. The number of ether oxygens (including phenoxy) is 1. The van der Waals surface area contributed by atoms with Gasteiger partial charge in [0, 0.05) is 45.7 Å². The molecule has 1 aliphatic heterocycles. The number of rotatable bonds is 3. The third-order valence-corrected chi connectivity index (χ3v) is 7.37. The van der Waals surface area contributed by atoms with E-state index in [9.17, 15) is 9.59 Å². The zero-order valence-electron chi connectivity index (χ0n) is 21.0. The number of nitrogens with one attached hydrogen (secondary N) is 1. The van der Waals surface area contributed by atoms with E-state index in [-0.39, 0.29) is 13.3 Å². The molecule has 41 heavy (non-hydrogen) atoms. The van der Waals surface area contributed by atoms with Crippen molar-refractivity contribution in [2.24, 2.45) is 0 Å². The highest BCUT2D eigenvalue weighted by Gasteiger charge is 2.08. The molecule has 0 atom stereocenters. The Balaban J connectivity index is 0.000000298. The number of benzene rings is 2. The summed E-state index contributed by atoms with van der Waals surface area (Å²) in [7, 11) is 0. The average Bonchev–Trinajstić information content (AvgIpc) is 3.54. The standard InChI is InChI=1S/C12H8Br2N2O.C7H4BrClO.C5H5BrN2.C4H8O.CH4/c13-9-5-3-8(4-6-9)12(17)16-10-2-1-7-15-11(10)14;8-6-3-1-5(2-4-6)7(9)10;6-5-4(7)2-1-3-8-5;1-2-4-5-3-1;/h1-7H,(H,16,17);1-4H;1-3H,7H2;1-4H2;1H4. The summed E-state index contributed by atoms with van der Waals surface area (Å²) in [6.45, 7) is 2.00. The maximum Gasteiger partial charge on any atom is 0.255 e. The fraction of sp³-hybridized carbons (Fsp3) is 0.172. The molecule has 3 heterocycles. The van der Waals surface area contributed by atoms with Gasteiger partial charge in [-0.25, -0.2) is 9.97 Å². The fourth-order valence-electron chi connectivity index (χ4n) is 2.76. The van der Waals surface area contributed by atoms with E-state index < -0.39 is 5.24 Å². The highest BCUT2D eigenvalue weighted by molar-refractivity contribution is 9.11. The van der Waals surface area contributed by atoms with Gasteiger partial charge in [0.25, 0.3) is 11.1 Å². The van der Waals surface area contributed by atoms with Crippen molar-refractivity contribution in [3.8, 4) is 0 Å². The quantitative estimate of drug-likeness (QED) is 0.157. The Hall–Kier alpha value is -2.15. The summed E-state index contributed by atoms with van der Waals surface area (Å²) >= 11 is 18.2. The number of amides is 1. The van der Waals surface area contributed by atoms with Crippen LogP contribution in [0.15, 0.2) is 103 Å². The lowest BCUT2D eigenvalue weighted by atomic mass is 10.2. The number of nitrogens with zero attached hydrogens (tertiary/aromatic N) is 2. The van der Waals surface area contributed by atoms with Gasteiger partial charge in [-0.05, 0) is 129 Å². The molecule has 0 radical (unpaired) electrons. The van der Waals surface area contributed by atoms with E-state index in [4.69, 9.17) is 22.1 Å². The van der Waals surface area contributed by atoms with Crippen LogP contribution in [-0.4, -0.2) is 34.3 Å². The molecule has 0 aliphatic carbocycles. The first kappa shape index (κ1) is 36.9. The minimum Gasteiger partial charge on any atom is -0.397 e. The van der Waals surface area contributed by atoms with Gasteiger partial charge in [0.1, 0.15) is 9.21 Å². The molecule has 0 saturated carbocycles. The van der Waals surface area contributed by atoms with Gasteiger partial charge in [0.05, 0.1) is 11.4 Å². The number of anilines is 2. The summed E-state index contributed by atoms with van der Waals surface area (Å²) in [5.74, 6) is -0.161. The van der Waals surface area contributed by atoms with E-state index in [1.54, 1.807) is 73.1 Å². The highest BCUT2D eigenvalue weighted by Crippen LogP contribution is 2.20. The maximum atomic E-state index is 11.9. The van der Waals surface area contributed by atoms with Crippen LogP contribution in [0, 0.1) is 0 Å². The van der Waals surface area contributed by atoms with Gasteiger partial charge in [0.2, 0.25) is 0 Å². The number of pyridine rings is 2. The Labute approximate surface area is 279 Å². The van der Waals surface area contributed by atoms with Crippen molar-refractivity contribution >= 4 is 97.8 Å². The molecule has 1 aliphatic rings. The van der Waals surface area contributed by atoms with E-state index in [1.165, 1.54) is 12.8 Å². The van der Waals surface area contributed by atoms with Crippen LogP contribution in [0.2, 0.25) is 0 Å². The SMILES string of the molecule is C.C1CCOC1.Nc1cccnc1Br.O=C(Cl)c1ccc(Br)cc1.O=C(Nc1cccnc1Br)c1ccc(Br)cc1. The van der Waals surface area contributed by atoms with E-state index in [1.807, 2.05) is 12.1 Å². The van der Waals surface area contributed by atoms with Crippen molar-refractivity contribution in [1.82, 2.24) is 9.97 Å². The largest absolute Gasteiger partial charge is 0.397 e. The molecule has 1 saturated heterocycles. The molecular formula is C29H29Br4ClN4O3. The molecule has 2 aromatic carbocycles. The van der Waals surface area contributed by atoms with Gasteiger partial charge in [0.15, 0.2) is 0 Å². The summed E-state index contributed by atoms with van der Waals surface area (Å²) < 4.78 is 8.15. The molecule has 0 bridgehead atoms. The molecule has 1 amide bonds. The number of aromatic nitrogens is 2. The fourth-order valence-corrected chi connectivity index (χ4v) is 4.02. The molecule has 2 aromatic heterocycles. The van der Waals surface area contributed by atoms with Crippen LogP contribution in [0.25, 0.3) is 0 Å². The summed E-state index contributed by atoms with van der Waals surface area (Å²) in [5.41, 5.74) is 7.86. The smallest absolute Gasteiger partial charge is 0.255 e. The molecule has 218 valence electrons. The van der Waals surface area contributed by atoms with E-state index in [0.29, 0.717) is 31.7 Å². The second-order valence-corrected chi connectivity index (χ2v) is 11.5. The van der Waals surface area contributed by atoms with Gasteiger partial charge < -0.3 is 15.8 Å². The van der Waals surface area contributed by atoms with Crippen LogP contribution in [0.3, 0.4) is 0 Å². The summed E-state index contributed by atoms with van der Waals surface area (Å²) in [4.78, 5) is 30.3. The summed E-state index contributed by atoms with van der Waals surface area (Å²) in [5, 5.41) is 2.36. The number of nitrogen functional groups attached to an aromatic ring is 1. The highest BCUT2D eigenvalue weighted by atomic mass is 79.9. The van der Waals surface area contributed by atoms with Crippen molar-refractivity contribution in [2.75, 3.05) is 24.3 Å². The maximum absolute atomic E-state index is 11.9. The van der Waals surface area contributed by atoms with Crippen molar-refractivity contribution in [3.63, 3.8) is 0 Å². The first-order chi connectivity index (χ1) is 19.2. The Kier molecular flexibility index (Phi) is 18.6. The minimum atomic E-state index is -0.424. The van der Waals surface area contributed by atoms with Crippen molar-refractivity contribution in [2.45, 2.75) is 20.3 Å². The average molecular weight is 837 g/mol. The topological polar surface area (TPSA) is 107 Å². The Morgan fingerprint density at radius 2 is 1.24 bits per heavy atom. The molecule has 7 nitrogen and oxygen atoms in total. The van der Waals surface area contributed by atoms with Crippen molar-refractivity contribution in [3.05, 3.63) is 114 Å². The Morgan fingerprint density at radius 3 is 1.63 bits per heavy atom. The van der Waals surface area contributed by atoms with E-state index in [0.717, 1.165) is 22.2 Å². The lowest BCUT2D eigenvalue weighted by Crippen LogP contribution is -2.12. The zero-order valence-corrected chi connectivity index (χ0v) is 28.1. The van der Waals surface area contributed by atoms with Crippen molar-refractivity contribution < 1.29 is 14.3 Å². The second-order valence-electron chi connectivity index (χ2n) is 7.79. The zero-order chi connectivity index (χ0) is 29.3. The Morgan fingerprint density at radius 1 is 0.756 bits per heavy atom. The van der Waals surface area contributed by atoms with Crippen LogP contribution >= 0.6 is 75.3 Å². The summed E-state index contributed by atoms with van der Waals surface area (Å²) in [6, 6.07) is 21.2.